The van der Waals surface area contributed by atoms with Gasteiger partial charge in [-0.1, -0.05) is 23.7 Å². The van der Waals surface area contributed by atoms with E-state index in [0.717, 1.165) is 17.5 Å². The lowest BCUT2D eigenvalue weighted by Gasteiger charge is -2.17. The van der Waals surface area contributed by atoms with Gasteiger partial charge in [-0.25, -0.2) is 0 Å². The molecule has 126 valence electrons. The van der Waals surface area contributed by atoms with Gasteiger partial charge in [-0.05, 0) is 42.7 Å². The third-order valence-corrected chi connectivity index (χ3v) is 4.42. The predicted octanol–water partition coefficient (Wildman–Crippen LogP) is 2.55. The van der Waals surface area contributed by atoms with E-state index in [4.69, 9.17) is 11.6 Å². The summed E-state index contributed by atoms with van der Waals surface area (Å²) in [4.78, 5) is 29.0. The van der Waals surface area contributed by atoms with Gasteiger partial charge in [0.1, 0.15) is 5.69 Å². The van der Waals surface area contributed by atoms with E-state index in [2.05, 4.69) is 10.3 Å². The van der Waals surface area contributed by atoms with Crippen molar-refractivity contribution in [1.82, 2.24) is 15.2 Å². The Kier molecular flexibility index (Phi) is 4.90. The number of benzene rings is 1. The van der Waals surface area contributed by atoms with Crippen molar-refractivity contribution in [3.05, 3.63) is 58.4 Å². The van der Waals surface area contributed by atoms with Gasteiger partial charge in [-0.2, -0.15) is 0 Å². The predicted molar refractivity (Wildman–Crippen MR) is 93.1 cm³/mol. The molecule has 2 aromatic rings. The first-order valence-corrected chi connectivity index (χ1v) is 8.37. The molecule has 1 aromatic carbocycles. The molecule has 1 saturated heterocycles. The molecule has 2 N–H and O–H groups in total. The van der Waals surface area contributed by atoms with Gasteiger partial charge in [0, 0.05) is 30.7 Å². The average molecular weight is 346 g/mol. The smallest absolute Gasteiger partial charge is 0.267 e. The minimum atomic E-state index is -0.169. The molecule has 2 heterocycles. The van der Waals surface area contributed by atoms with Crippen LogP contribution in [0.15, 0.2) is 36.5 Å². The van der Waals surface area contributed by atoms with Gasteiger partial charge < -0.3 is 15.2 Å². The Balaban J connectivity index is 1.53. The summed E-state index contributed by atoms with van der Waals surface area (Å²) in [7, 11) is 0. The number of carbonyl (C=O) groups excluding carboxylic acids is 2. The van der Waals surface area contributed by atoms with Crippen LogP contribution >= 0.6 is 11.6 Å². The van der Waals surface area contributed by atoms with E-state index in [-0.39, 0.29) is 17.9 Å². The Bertz CT molecular complexity index is 756. The number of rotatable bonds is 5. The van der Waals surface area contributed by atoms with Crippen LogP contribution in [0.3, 0.4) is 0 Å². The van der Waals surface area contributed by atoms with Gasteiger partial charge >= 0.3 is 0 Å². The minimum Gasteiger partial charge on any atom is -0.357 e. The molecular weight excluding hydrogens is 326 g/mol. The zero-order valence-corrected chi connectivity index (χ0v) is 14.3. The highest BCUT2D eigenvalue weighted by atomic mass is 35.5. The van der Waals surface area contributed by atoms with Crippen molar-refractivity contribution < 1.29 is 9.59 Å². The van der Waals surface area contributed by atoms with E-state index in [1.165, 1.54) is 0 Å². The summed E-state index contributed by atoms with van der Waals surface area (Å²) in [6.45, 7) is 3.10. The van der Waals surface area contributed by atoms with E-state index in [9.17, 15) is 9.59 Å². The SMILES string of the molecule is Cc1c[nH]c(C(=O)N[C@@H]2CC(=O)N(CCc3cccc(Cl)c3)C2)c1. The maximum Gasteiger partial charge on any atom is 0.267 e. The van der Waals surface area contributed by atoms with Crippen molar-refractivity contribution in [2.24, 2.45) is 0 Å². The highest BCUT2D eigenvalue weighted by Crippen LogP contribution is 2.15. The van der Waals surface area contributed by atoms with Crippen molar-refractivity contribution in [2.75, 3.05) is 13.1 Å². The molecule has 0 unspecified atom stereocenters. The first-order chi connectivity index (χ1) is 11.5. The normalized spacial score (nSPS) is 17.3. The molecule has 1 aliphatic heterocycles. The number of likely N-dealkylation sites (tertiary alicyclic amines) is 1. The van der Waals surface area contributed by atoms with E-state index in [0.29, 0.717) is 30.2 Å². The molecule has 0 spiro atoms. The largest absolute Gasteiger partial charge is 0.357 e. The zero-order valence-electron chi connectivity index (χ0n) is 13.5. The number of nitrogens with zero attached hydrogens (tertiary/aromatic N) is 1. The minimum absolute atomic E-state index is 0.0741. The van der Waals surface area contributed by atoms with Crippen molar-refractivity contribution in [2.45, 2.75) is 25.8 Å². The van der Waals surface area contributed by atoms with Crippen LogP contribution in [0.4, 0.5) is 0 Å². The second-order valence-corrected chi connectivity index (χ2v) is 6.62. The van der Waals surface area contributed by atoms with Gasteiger partial charge in [0.2, 0.25) is 5.91 Å². The molecule has 5 nitrogen and oxygen atoms in total. The summed E-state index contributed by atoms with van der Waals surface area (Å²) < 4.78 is 0. The maximum atomic E-state index is 12.2. The second kappa shape index (κ2) is 7.09. The molecule has 0 radical (unpaired) electrons. The Morgan fingerprint density at radius 3 is 2.96 bits per heavy atom. The topological polar surface area (TPSA) is 65.2 Å². The van der Waals surface area contributed by atoms with Crippen LogP contribution in [0.1, 0.15) is 28.0 Å². The molecule has 0 saturated carbocycles. The molecule has 0 bridgehead atoms. The number of aromatic nitrogens is 1. The number of hydrogen-bond acceptors (Lipinski definition) is 2. The molecule has 1 fully saturated rings. The van der Waals surface area contributed by atoms with Crippen LogP contribution in [-0.2, 0) is 11.2 Å². The summed E-state index contributed by atoms with van der Waals surface area (Å²) >= 11 is 5.98. The van der Waals surface area contributed by atoms with Crippen LogP contribution in [0, 0.1) is 6.92 Å². The zero-order chi connectivity index (χ0) is 17.1. The number of hydrogen-bond donors (Lipinski definition) is 2. The van der Waals surface area contributed by atoms with Crippen molar-refractivity contribution in [3.63, 3.8) is 0 Å². The van der Waals surface area contributed by atoms with Crippen LogP contribution < -0.4 is 5.32 Å². The quantitative estimate of drug-likeness (QED) is 0.874. The van der Waals surface area contributed by atoms with E-state index in [1.807, 2.05) is 31.2 Å². The first kappa shape index (κ1) is 16.6. The maximum absolute atomic E-state index is 12.2. The standard InChI is InChI=1S/C18H20ClN3O2/c1-12-7-16(20-10-12)18(24)21-15-9-17(23)22(11-15)6-5-13-3-2-4-14(19)8-13/h2-4,7-8,10,15,20H,5-6,9,11H2,1H3,(H,21,24)/t15-/m1/s1. The molecule has 1 aliphatic rings. The highest BCUT2D eigenvalue weighted by Gasteiger charge is 2.30. The van der Waals surface area contributed by atoms with Gasteiger partial charge in [0.05, 0.1) is 6.04 Å². The van der Waals surface area contributed by atoms with E-state index >= 15 is 0 Å². The Hall–Kier alpha value is -2.27. The van der Waals surface area contributed by atoms with Crippen LogP contribution in [0.2, 0.25) is 5.02 Å². The molecule has 2 amide bonds. The average Bonchev–Trinajstić information content (AvgIpc) is 3.11. The van der Waals surface area contributed by atoms with Gasteiger partial charge in [0.15, 0.2) is 0 Å². The van der Waals surface area contributed by atoms with Gasteiger partial charge in [-0.3, -0.25) is 9.59 Å². The van der Waals surface area contributed by atoms with Crippen LogP contribution in [0.5, 0.6) is 0 Å². The van der Waals surface area contributed by atoms with Crippen molar-refractivity contribution in [1.29, 1.82) is 0 Å². The Morgan fingerprint density at radius 2 is 2.25 bits per heavy atom. The number of aromatic amines is 1. The van der Waals surface area contributed by atoms with Crippen molar-refractivity contribution in [3.8, 4) is 0 Å². The van der Waals surface area contributed by atoms with Crippen LogP contribution in [0.25, 0.3) is 0 Å². The van der Waals surface area contributed by atoms with Crippen LogP contribution in [-0.4, -0.2) is 40.8 Å². The highest BCUT2D eigenvalue weighted by molar-refractivity contribution is 6.30. The number of H-pyrrole nitrogens is 1. The fraction of sp³-hybridized carbons (Fsp3) is 0.333. The lowest BCUT2D eigenvalue weighted by molar-refractivity contribution is -0.127. The number of halogens is 1. The lowest BCUT2D eigenvalue weighted by atomic mass is 10.1. The van der Waals surface area contributed by atoms with Crippen molar-refractivity contribution >= 4 is 23.4 Å². The summed E-state index contributed by atoms with van der Waals surface area (Å²) in [6.07, 6.45) is 2.88. The number of amides is 2. The first-order valence-electron chi connectivity index (χ1n) is 7.99. The second-order valence-electron chi connectivity index (χ2n) is 6.18. The number of nitrogens with one attached hydrogen (secondary N) is 2. The van der Waals surface area contributed by atoms with E-state index < -0.39 is 0 Å². The molecule has 0 aliphatic carbocycles. The molecule has 1 aromatic heterocycles. The van der Waals surface area contributed by atoms with Gasteiger partial charge in [0.25, 0.3) is 5.91 Å². The number of carbonyl (C=O) groups is 2. The summed E-state index contributed by atoms with van der Waals surface area (Å²) in [6, 6.07) is 9.30. The Morgan fingerprint density at radius 1 is 1.42 bits per heavy atom. The molecular formula is C18H20ClN3O2. The number of aryl methyl sites for hydroxylation is 1. The third-order valence-electron chi connectivity index (χ3n) is 4.18. The van der Waals surface area contributed by atoms with E-state index in [1.54, 1.807) is 17.2 Å². The Labute approximate surface area is 146 Å². The summed E-state index contributed by atoms with van der Waals surface area (Å²) in [5.41, 5.74) is 2.63. The summed E-state index contributed by atoms with van der Waals surface area (Å²) in [5, 5.41) is 3.62. The fourth-order valence-electron chi connectivity index (χ4n) is 2.94. The molecule has 24 heavy (non-hydrogen) atoms. The summed E-state index contributed by atoms with van der Waals surface area (Å²) in [5.74, 6) is -0.0948. The fourth-order valence-corrected chi connectivity index (χ4v) is 3.15. The lowest BCUT2D eigenvalue weighted by Crippen LogP contribution is -2.37. The third kappa shape index (κ3) is 3.97. The van der Waals surface area contributed by atoms with Gasteiger partial charge in [-0.15, -0.1) is 0 Å². The molecule has 6 heteroatoms. The monoisotopic (exact) mass is 345 g/mol. The molecule has 3 rings (SSSR count). The molecule has 1 atom stereocenters.